The fourth-order valence-electron chi connectivity index (χ4n) is 2.12. The summed E-state index contributed by atoms with van der Waals surface area (Å²) in [6.07, 6.45) is 1.88. The monoisotopic (exact) mass is 241 g/mol. The van der Waals surface area contributed by atoms with Crippen LogP contribution >= 0.6 is 0 Å². The van der Waals surface area contributed by atoms with Gasteiger partial charge in [0, 0.05) is 6.20 Å². The van der Waals surface area contributed by atoms with Crippen molar-refractivity contribution in [3.05, 3.63) is 64.5 Å². The summed E-state index contributed by atoms with van der Waals surface area (Å²) < 4.78 is 0. The lowest BCUT2D eigenvalue weighted by Gasteiger charge is -2.18. The van der Waals surface area contributed by atoms with E-state index in [0.29, 0.717) is 0 Å². The van der Waals surface area contributed by atoms with Gasteiger partial charge in [-0.1, -0.05) is 35.9 Å². The second kappa shape index (κ2) is 5.29. The van der Waals surface area contributed by atoms with Gasteiger partial charge in [0.15, 0.2) is 0 Å². The first-order chi connectivity index (χ1) is 8.61. The van der Waals surface area contributed by atoms with Crippen LogP contribution in [0.15, 0.2) is 36.5 Å². The van der Waals surface area contributed by atoms with Gasteiger partial charge in [-0.05, 0) is 37.5 Å². The number of benzene rings is 1. The van der Waals surface area contributed by atoms with Crippen molar-refractivity contribution in [3.63, 3.8) is 0 Å². The number of nitrogens with two attached hydrogens (primary N) is 1. The van der Waals surface area contributed by atoms with Crippen molar-refractivity contribution in [2.75, 3.05) is 0 Å². The fourth-order valence-corrected chi connectivity index (χ4v) is 2.12. The Balaban J connectivity index is 2.41. The van der Waals surface area contributed by atoms with Crippen LogP contribution in [0, 0.1) is 20.8 Å². The van der Waals surface area contributed by atoms with Gasteiger partial charge in [-0.25, -0.2) is 5.43 Å². The van der Waals surface area contributed by atoms with E-state index in [2.05, 4.69) is 54.6 Å². The molecule has 1 heterocycles. The molecule has 0 spiro atoms. The SMILES string of the molecule is Cc1ccc(C(NN)c2ncc(C)cc2C)cc1. The highest BCUT2D eigenvalue weighted by atomic mass is 15.2. The Morgan fingerprint density at radius 3 is 2.28 bits per heavy atom. The highest BCUT2D eigenvalue weighted by molar-refractivity contribution is 5.34. The summed E-state index contributed by atoms with van der Waals surface area (Å²) in [4.78, 5) is 4.51. The number of pyridine rings is 1. The Morgan fingerprint density at radius 1 is 1.06 bits per heavy atom. The maximum Gasteiger partial charge on any atom is 0.0884 e. The molecule has 0 aliphatic carbocycles. The molecule has 3 nitrogen and oxygen atoms in total. The van der Waals surface area contributed by atoms with Gasteiger partial charge in [-0.15, -0.1) is 0 Å². The van der Waals surface area contributed by atoms with Gasteiger partial charge in [0.2, 0.25) is 0 Å². The van der Waals surface area contributed by atoms with E-state index in [1.807, 2.05) is 13.1 Å². The molecule has 0 bridgehead atoms. The van der Waals surface area contributed by atoms with Crippen molar-refractivity contribution in [1.82, 2.24) is 10.4 Å². The Hall–Kier alpha value is -1.71. The number of hydrogen-bond donors (Lipinski definition) is 2. The molecule has 1 unspecified atom stereocenters. The lowest BCUT2D eigenvalue weighted by Crippen LogP contribution is -2.30. The molecule has 0 aliphatic rings. The highest BCUT2D eigenvalue weighted by Crippen LogP contribution is 2.23. The minimum atomic E-state index is -0.0637. The molecule has 0 aliphatic heterocycles. The quantitative estimate of drug-likeness (QED) is 0.641. The summed E-state index contributed by atoms with van der Waals surface area (Å²) >= 11 is 0. The minimum absolute atomic E-state index is 0.0637. The second-order valence-corrected chi connectivity index (χ2v) is 4.73. The van der Waals surface area contributed by atoms with E-state index in [0.717, 1.165) is 22.4 Å². The molecule has 1 aromatic carbocycles. The minimum Gasteiger partial charge on any atom is -0.271 e. The molecule has 0 fully saturated rings. The lowest BCUT2D eigenvalue weighted by atomic mass is 9.99. The zero-order chi connectivity index (χ0) is 13.1. The lowest BCUT2D eigenvalue weighted by molar-refractivity contribution is 0.616. The molecule has 1 aromatic heterocycles. The summed E-state index contributed by atoms with van der Waals surface area (Å²) in [5, 5.41) is 0. The molecule has 94 valence electrons. The molecule has 0 saturated heterocycles. The van der Waals surface area contributed by atoms with Gasteiger partial charge in [-0.2, -0.15) is 0 Å². The first-order valence-corrected chi connectivity index (χ1v) is 6.07. The normalized spacial score (nSPS) is 12.4. The summed E-state index contributed by atoms with van der Waals surface area (Å²) in [5.74, 6) is 5.69. The Bertz CT molecular complexity index is 532. The molecule has 0 amide bonds. The standard InChI is InChI=1S/C15H19N3/c1-10-4-6-13(7-5-10)15(18-16)14-12(3)8-11(2)9-17-14/h4-9,15,18H,16H2,1-3H3. The molecule has 1 atom stereocenters. The topological polar surface area (TPSA) is 50.9 Å². The Kier molecular flexibility index (Phi) is 3.75. The fraction of sp³-hybridized carbons (Fsp3) is 0.267. The van der Waals surface area contributed by atoms with E-state index in [4.69, 9.17) is 5.84 Å². The predicted octanol–water partition coefficient (Wildman–Crippen LogP) is 2.56. The predicted molar refractivity (Wildman–Crippen MR) is 74.1 cm³/mol. The van der Waals surface area contributed by atoms with E-state index < -0.39 is 0 Å². The number of aryl methyl sites for hydroxylation is 3. The Morgan fingerprint density at radius 2 is 1.72 bits per heavy atom. The molecular formula is C15H19N3. The zero-order valence-electron chi connectivity index (χ0n) is 11.1. The van der Waals surface area contributed by atoms with Crippen LogP contribution < -0.4 is 11.3 Å². The van der Waals surface area contributed by atoms with Gasteiger partial charge in [0.05, 0.1) is 11.7 Å². The van der Waals surface area contributed by atoms with Crippen LogP contribution in [0.1, 0.15) is 34.0 Å². The average molecular weight is 241 g/mol. The van der Waals surface area contributed by atoms with E-state index in [-0.39, 0.29) is 6.04 Å². The number of rotatable bonds is 3. The highest BCUT2D eigenvalue weighted by Gasteiger charge is 2.15. The molecule has 0 radical (unpaired) electrons. The summed E-state index contributed by atoms with van der Waals surface area (Å²) in [5.41, 5.74) is 8.51. The van der Waals surface area contributed by atoms with Crippen molar-refractivity contribution >= 4 is 0 Å². The van der Waals surface area contributed by atoms with Gasteiger partial charge >= 0.3 is 0 Å². The van der Waals surface area contributed by atoms with Crippen molar-refractivity contribution in [2.24, 2.45) is 5.84 Å². The maximum atomic E-state index is 5.69. The first kappa shape index (κ1) is 12.7. The van der Waals surface area contributed by atoms with Gasteiger partial charge in [-0.3, -0.25) is 10.8 Å². The van der Waals surface area contributed by atoms with E-state index >= 15 is 0 Å². The van der Waals surface area contributed by atoms with Crippen LogP contribution in [0.4, 0.5) is 0 Å². The second-order valence-electron chi connectivity index (χ2n) is 4.73. The van der Waals surface area contributed by atoms with Crippen molar-refractivity contribution in [3.8, 4) is 0 Å². The smallest absolute Gasteiger partial charge is 0.0884 e. The van der Waals surface area contributed by atoms with Gasteiger partial charge < -0.3 is 0 Å². The summed E-state index contributed by atoms with van der Waals surface area (Å²) in [6, 6.07) is 10.4. The van der Waals surface area contributed by atoms with Crippen molar-refractivity contribution in [2.45, 2.75) is 26.8 Å². The number of hydrazine groups is 1. The molecule has 3 heteroatoms. The first-order valence-electron chi connectivity index (χ1n) is 6.07. The van der Waals surface area contributed by atoms with Crippen LogP contribution in [0.3, 0.4) is 0 Å². The number of aromatic nitrogens is 1. The van der Waals surface area contributed by atoms with Crippen LogP contribution in [0.5, 0.6) is 0 Å². The average Bonchev–Trinajstić information content (AvgIpc) is 2.35. The molecule has 2 aromatic rings. The molecule has 2 rings (SSSR count). The van der Waals surface area contributed by atoms with E-state index in [1.165, 1.54) is 5.56 Å². The maximum absolute atomic E-state index is 5.69. The third-order valence-corrected chi connectivity index (χ3v) is 3.11. The number of nitrogens with one attached hydrogen (secondary N) is 1. The van der Waals surface area contributed by atoms with Gasteiger partial charge in [0.25, 0.3) is 0 Å². The zero-order valence-corrected chi connectivity index (χ0v) is 11.1. The number of nitrogens with zero attached hydrogens (tertiary/aromatic N) is 1. The van der Waals surface area contributed by atoms with Crippen LogP contribution in [-0.2, 0) is 0 Å². The Labute approximate surface area is 108 Å². The van der Waals surface area contributed by atoms with Crippen LogP contribution in [0.2, 0.25) is 0 Å². The van der Waals surface area contributed by atoms with Gasteiger partial charge in [0.1, 0.15) is 0 Å². The third-order valence-electron chi connectivity index (χ3n) is 3.11. The summed E-state index contributed by atoms with van der Waals surface area (Å²) in [6.45, 7) is 6.18. The van der Waals surface area contributed by atoms with Crippen LogP contribution in [0.25, 0.3) is 0 Å². The molecule has 0 saturated carbocycles. The van der Waals surface area contributed by atoms with Crippen LogP contribution in [-0.4, -0.2) is 4.98 Å². The summed E-state index contributed by atoms with van der Waals surface area (Å²) in [7, 11) is 0. The molecular weight excluding hydrogens is 222 g/mol. The molecule has 18 heavy (non-hydrogen) atoms. The third kappa shape index (κ3) is 2.58. The van der Waals surface area contributed by atoms with Crippen molar-refractivity contribution < 1.29 is 0 Å². The van der Waals surface area contributed by atoms with E-state index in [1.54, 1.807) is 0 Å². The molecule has 3 N–H and O–H groups in total. The van der Waals surface area contributed by atoms with E-state index in [9.17, 15) is 0 Å². The largest absolute Gasteiger partial charge is 0.271 e. The van der Waals surface area contributed by atoms with Crippen molar-refractivity contribution in [1.29, 1.82) is 0 Å². The number of hydrogen-bond acceptors (Lipinski definition) is 3.